The van der Waals surface area contributed by atoms with Crippen LogP contribution < -0.4 is 0 Å². The molecule has 0 bridgehead atoms. The van der Waals surface area contributed by atoms with E-state index >= 15 is 0 Å². The van der Waals surface area contributed by atoms with Gasteiger partial charge in [-0.15, -0.1) is 11.3 Å². The Balaban J connectivity index is 1.44. The number of piperidine rings is 1. The van der Waals surface area contributed by atoms with Crippen LogP contribution in [0.3, 0.4) is 0 Å². The van der Waals surface area contributed by atoms with E-state index < -0.39 is 0 Å². The number of carbonyl (C=O) groups excluding carboxylic acids is 1. The van der Waals surface area contributed by atoms with Gasteiger partial charge >= 0.3 is 0 Å². The van der Waals surface area contributed by atoms with Crippen LogP contribution in [0, 0.1) is 0 Å². The molecule has 0 amide bonds. The van der Waals surface area contributed by atoms with Crippen LogP contribution in [0.1, 0.15) is 24.3 Å². The summed E-state index contributed by atoms with van der Waals surface area (Å²) in [4.78, 5) is 21.7. The number of hydrogen-bond donors (Lipinski definition) is 0. The minimum atomic E-state index is -0.163. The van der Waals surface area contributed by atoms with Crippen LogP contribution in [0.4, 0.5) is 0 Å². The van der Waals surface area contributed by atoms with Crippen molar-refractivity contribution in [3.63, 3.8) is 0 Å². The molecule has 4 nitrogen and oxygen atoms in total. The highest BCUT2D eigenvalue weighted by Gasteiger charge is 2.47. The Morgan fingerprint density at radius 1 is 1.23 bits per heavy atom. The van der Waals surface area contributed by atoms with Crippen molar-refractivity contribution in [2.45, 2.75) is 31.3 Å². The van der Waals surface area contributed by atoms with Crippen molar-refractivity contribution in [1.82, 2.24) is 14.8 Å². The zero-order valence-corrected chi connectivity index (χ0v) is 13.7. The molecule has 22 heavy (non-hydrogen) atoms. The number of ketones is 1. The van der Waals surface area contributed by atoms with Crippen LogP contribution in [0.2, 0.25) is 0 Å². The minimum Gasteiger partial charge on any atom is -0.298 e. The number of likely N-dealkylation sites (tertiary alicyclic amines) is 2. The predicted octanol–water partition coefficient (Wildman–Crippen LogP) is 2.54. The molecule has 0 N–H and O–H groups in total. The van der Waals surface area contributed by atoms with Gasteiger partial charge in [0.15, 0.2) is 5.78 Å². The molecule has 2 fully saturated rings. The molecule has 1 aromatic heterocycles. The summed E-state index contributed by atoms with van der Waals surface area (Å²) in [5.74, 6) is 0.453. The number of aromatic nitrogens is 1. The van der Waals surface area contributed by atoms with Gasteiger partial charge in [-0.25, -0.2) is 4.98 Å². The molecule has 3 heterocycles. The summed E-state index contributed by atoms with van der Waals surface area (Å²) < 4.78 is 1.26. The zero-order valence-electron chi connectivity index (χ0n) is 12.9. The molecule has 2 saturated heterocycles. The quantitative estimate of drug-likeness (QED) is 0.853. The summed E-state index contributed by atoms with van der Waals surface area (Å²) in [5, 5.41) is 1.18. The number of thiazole rings is 1. The molecule has 1 aromatic carbocycles. The maximum Gasteiger partial charge on any atom is 0.154 e. The second kappa shape index (κ2) is 5.41. The number of hydrogen-bond acceptors (Lipinski definition) is 5. The molecule has 1 spiro atoms. The third kappa shape index (κ3) is 2.28. The van der Waals surface area contributed by atoms with Crippen LogP contribution in [-0.4, -0.2) is 52.8 Å². The van der Waals surface area contributed by atoms with Gasteiger partial charge in [0, 0.05) is 26.1 Å². The predicted molar refractivity (Wildman–Crippen MR) is 89.1 cm³/mol. The lowest BCUT2D eigenvalue weighted by atomic mass is 9.84. The van der Waals surface area contributed by atoms with Crippen molar-refractivity contribution in [1.29, 1.82) is 0 Å². The van der Waals surface area contributed by atoms with Crippen molar-refractivity contribution in [3.05, 3.63) is 29.3 Å². The van der Waals surface area contributed by atoms with E-state index in [-0.39, 0.29) is 5.54 Å². The second-order valence-corrected chi connectivity index (χ2v) is 7.59. The van der Waals surface area contributed by atoms with Crippen LogP contribution in [-0.2, 0) is 11.3 Å². The summed E-state index contributed by atoms with van der Waals surface area (Å²) in [5.41, 5.74) is 0.936. The smallest absolute Gasteiger partial charge is 0.154 e. The average molecular weight is 315 g/mol. The molecule has 0 radical (unpaired) electrons. The fourth-order valence-electron chi connectivity index (χ4n) is 3.85. The number of para-hydroxylation sites is 1. The molecule has 0 aliphatic carbocycles. The highest BCUT2D eigenvalue weighted by molar-refractivity contribution is 7.18. The fourth-order valence-corrected chi connectivity index (χ4v) is 4.86. The number of nitrogens with zero attached hydrogens (tertiary/aromatic N) is 3. The first kappa shape index (κ1) is 14.3. The van der Waals surface area contributed by atoms with Gasteiger partial charge in [0.1, 0.15) is 5.01 Å². The lowest BCUT2D eigenvalue weighted by Gasteiger charge is -2.42. The zero-order chi connectivity index (χ0) is 15.2. The van der Waals surface area contributed by atoms with Crippen molar-refractivity contribution >= 4 is 27.3 Å². The molecule has 2 aliphatic heterocycles. The molecule has 5 heteroatoms. The summed E-state index contributed by atoms with van der Waals surface area (Å²) in [6, 6.07) is 8.31. The number of fused-ring (bicyclic) bond motifs is 1. The highest BCUT2D eigenvalue weighted by atomic mass is 32.1. The van der Waals surface area contributed by atoms with E-state index in [1.54, 1.807) is 11.3 Å². The van der Waals surface area contributed by atoms with Gasteiger partial charge in [0.2, 0.25) is 0 Å². The molecule has 2 aliphatic rings. The third-order valence-corrected chi connectivity index (χ3v) is 6.33. The van der Waals surface area contributed by atoms with E-state index in [0.29, 0.717) is 5.78 Å². The van der Waals surface area contributed by atoms with Crippen LogP contribution in [0.5, 0.6) is 0 Å². The van der Waals surface area contributed by atoms with Crippen LogP contribution >= 0.6 is 11.3 Å². The van der Waals surface area contributed by atoms with Gasteiger partial charge < -0.3 is 0 Å². The lowest BCUT2D eigenvalue weighted by molar-refractivity contribution is -0.127. The van der Waals surface area contributed by atoms with E-state index in [4.69, 9.17) is 4.98 Å². The Labute approximate surface area is 134 Å². The number of rotatable bonds is 2. The minimum absolute atomic E-state index is 0.163. The topological polar surface area (TPSA) is 36.4 Å². The Morgan fingerprint density at radius 3 is 2.68 bits per heavy atom. The first-order valence-electron chi connectivity index (χ1n) is 7.99. The maximum atomic E-state index is 12.3. The largest absolute Gasteiger partial charge is 0.298 e. The van der Waals surface area contributed by atoms with E-state index in [1.165, 1.54) is 9.71 Å². The maximum absolute atomic E-state index is 12.3. The van der Waals surface area contributed by atoms with Gasteiger partial charge in [0.05, 0.1) is 22.3 Å². The molecular formula is C17H21N3OS. The van der Waals surface area contributed by atoms with Gasteiger partial charge in [-0.1, -0.05) is 12.1 Å². The van der Waals surface area contributed by atoms with Crippen molar-refractivity contribution in [2.75, 3.05) is 26.7 Å². The first-order valence-corrected chi connectivity index (χ1v) is 8.80. The molecule has 2 aromatic rings. The van der Waals surface area contributed by atoms with Crippen molar-refractivity contribution < 1.29 is 4.79 Å². The van der Waals surface area contributed by atoms with Crippen molar-refractivity contribution in [3.8, 4) is 0 Å². The van der Waals surface area contributed by atoms with Gasteiger partial charge in [-0.3, -0.25) is 14.6 Å². The Hall–Kier alpha value is -1.30. The SMILES string of the molecule is CN1CCC(=O)C12CCN(Cc1nc3ccccc3s1)CC2. The summed E-state index contributed by atoms with van der Waals surface area (Å²) in [7, 11) is 2.11. The van der Waals surface area contributed by atoms with E-state index in [9.17, 15) is 4.79 Å². The standard InChI is InChI=1S/C17H21N3OS/c1-19-9-6-15(21)17(19)7-10-20(11-8-17)12-16-18-13-4-2-3-5-14(13)22-16/h2-5H,6-12H2,1H3. The number of Topliss-reactive ketones (excluding diaryl/α,β-unsaturated/α-hetero) is 1. The van der Waals surface area contributed by atoms with Crippen LogP contribution in [0.15, 0.2) is 24.3 Å². The summed E-state index contributed by atoms with van der Waals surface area (Å²) >= 11 is 1.79. The number of benzene rings is 1. The van der Waals surface area contributed by atoms with E-state index in [1.807, 2.05) is 6.07 Å². The Morgan fingerprint density at radius 2 is 2.00 bits per heavy atom. The summed E-state index contributed by atoms with van der Waals surface area (Å²) in [6.45, 7) is 3.82. The number of likely N-dealkylation sites (N-methyl/N-ethyl adjacent to an activating group) is 1. The molecule has 0 unspecified atom stereocenters. The molecule has 0 saturated carbocycles. The van der Waals surface area contributed by atoms with E-state index in [2.05, 4.69) is 35.0 Å². The average Bonchev–Trinajstić information content (AvgIpc) is 3.05. The first-order chi connectivity index (χ1) is 10.7. The third-order valence-electron chi connectivity index (χ3n) is 5.30. The lowest BCUT2D eigenvalue weighted by Crippen LogP contribution is -2.54. The highest BCUT2D eigenvalue weighted by Crippen LogP contribution is 2.35. The number of carbonyl (C=O) groups is 1. The second-order valence-electron chi connectivity index (χ2n) is 6.48. The monoisotopic (exact) mass is 315 g/mol. The Kier molecular flexibility index (Phi) is 3.51. The van der Waals surface area contributed by atoms with Crippen LogP contribution in [0.25, 0.3) is 10.2 Å². The molecular weight excluding hydrogens is 294 g/mol. The van der Waals surface area contributed by atoms with E-state index in [0.717, 1.165) is 51.0 Å². The van der Waals surface area contributed by atoms with Crippen molar-refractivity contribution in [2.24, 2.45) is 0 Å². The van der Waals surface area contributed by atoms with Gasteiger partial charge in [0.25, 0.3) is 0 Å². The normalized spacial score (nSPS) is 22.9. The molecule has 4 rings (SSSR count). The Bertz CT molecular complexity index is 670. The fraction of sp³-hybridized carbons (Fsp3) is 0.529. The van der Waals surface area contributed by atoms with Gasteiger partial charge in [-0.2, -0.15) is 0 Å². The summed E-state index contributed by atoms with van der Waals surface area (Å²) in [6.07, 6.45) is 2.66. The molecule has 116 valence electrons. The van der Waals surface area contributed by atoms with Gasteiger partial charge in [-0.05, 0) is 32.0 Å². The molecule has 0 atom stereocenters.